The van der Waals surface area contributed by atoms with Gasteiger partial charge < -0.3 is 5.11 Å². The van der Waals surface area contributed by atoms with Crippen LogP contribution in [0.1, 0.15) is 0 Å². The average Bonchev–Trinajstić information content (AvgIpc) is 2.19. The van der Waals surface area contributed by atoms with E-state index in [1.807, 2.05) is 0 Å². The first kappa shape index (κ1) is 12.0. The molecule has 78 valence electrons. The van der Waals surface area contributed by atoms with Crippen molar-refractivity contribution >= 4 is 39.1 Å². The number of nitrogens with zero attached hydrogens (tertiary/aromatic N) is 2. The third kappa shape index (κ3) is 2.70. The summed E-state index contributed by atoms with van der Waals surface area (Å²) in [6, 6.07) is 0. The zero-order chi connectivity index (χ0) is 10.7. The molecular weight excluding hydrogens is 295 g/mol. The maximum Gasteiger partial charge on any atom is 0.287 e. The van der Waals surface area contributed by atoms with E-state index in [1.165, 1.54) is 6.20 Å². The molecule has 0 aliphatic carbocycles. The highest BCUT2D eigenvalue weighted by Gasteiger charge is 2.10. The first-order valence-electron chi connectivity index (χ1n) is 3.71. The fourth-order valence-electron chi connectivity index (χ4n) is 0.823. The van der Waals surface area contributed by atoms with Crippen LogP contribution in [0.15, 0.2) is 11.0 Å². The summed E-state index contributed by atoms with van der Waals surface area (Å²) in [5.74, 6) is 0. The second-order valence-corrected chi connectivity index (χ2v) is 4.03. The average molecular weight is 302 g/mol. The van der Waals surface area contributed by atoms with Crippen molar-refractivity contribution in [3.8, 4) is 0 Å². The minimum Gasteiger partial charge on any atom is -0.390 e. The molecule has 1 atom stereocenters. The zero-order valence-electron chi connectivity index (χ0n) is 6.95. The molecule has 0 saturated carbocycles. The summed E-state index contributed by atoms with van der Waals surface area (Å²) >= 11 is 14.3. The topological polar surface area (TPSA) is 55.1 Å². The molecule has 0 spiro atoms. The van der Waals surface area contributed by atoms with Crippen molar-refractivity contribution in [2.24, 2.45) is 0 Å². The lowest BCUT2D eigenvalue weighted by molar-refractivity contribution is 0.172. The van der Waals surface area contributed by atoms with Gasteiger partial charge in [-0.15, -0.1) is 0 Å². The normalized spacial score (nSPS) is 12.9. The first-order chi connectivity index (χ1) is 6.56. The number of aliphatic hydroxyl groups excluding tert-OH is 1. The molecule has 1 unspecified atom stereocenters. The van der Waals surface area contributed by atoms with Crippen molar-refractivity contribution in [3.05, 3.63) is 26.6 Å². The van der Waals surface area contributed by atoms with Gasteiger partial charge in [-0.05, 0) is 0 Å². The van der Waals surface area contributed by atoms with E-state index in [1.54, 1.807) is 0 Å². The van der Waals surface area contributed by atoms with E-state index in [4.69, 9.17) is 23.2 Å². The van der Waals surface area contributed by atoms with Crippen LogP contribution >= 0.6 is 39.1 Å². The number of halogens is 3. The Kier molecular flexibility index (Phi) is 4.37. The Labute approximate surface area is 98.6 Å². The van der Waals surface area contributed by atoms with Gasteiger partial charge in [0.2, 0.25) is 0 Å². The van der Waals surface area contributed by atoms with E-state index in [-0.39, 0.29) is 16.6 Å². The summed E-state index contributed by atoms with van der Waals surface area (Å²) in [4.78, 5) is 11.4. The van der Waals surface area contributed by atoms with Crippen LogP contribution in [0.4, 0.5) is 0 Å². The van der Waals surface area contributed by atoms with Crippen molar-refractivity contribution in [1.82, 2.24) is 9.78 Å². The standard InChI is InChI=1S/C7H7BrCl2N2O2/c8-1-4(13)3-12-7(14)6(10)5(9)2-11-12/h2,4,13H,1,3H2. The Morgan fingerprint density at radius 1 is 1.64 bits per heavy atom. The van der Waals surface area contributed by atoms with Crippen LogP contribution in [0, 0.1) is 0 Å². The molecule has 7 heteroatoms. The number of hydrogen-bond acceptors (Lipinski definition) is 3. The SMILES string of the molecule is O=c1c(Cl)c(Cl)cnn1CC(O)CBr. The van der Waals surface area contributed by atoms with Crippen molar-refractivity contribution in [2.75, 3.05) is 5.33 Å². The van der Waals surface area contributed by atoms with Gasteiger partial charge in [0.15, 0.2) is 0 Å². The predicted octanol–water partition coefficient (Wildman–Crippen LogP) is 1.31. The highest BCUT2D eigenvalue weighted by Crippen LogP contribution is 2.14. The fourth-order valence-corrected chi connectivity index (χ4v) is 1.30. The summed E-state index contributed by atoms with van der Waals surface area (Å²) in [5.41, 5.74) is -0.501. The smallest absolute Gasteiger partial charge is 0.287 e. The number of rotatable bonds is 3. The number of aliphatic hydroxyl groups is 1. The summed E-state index contributed by atoms with van der Waals surface area (Å²) < 4.78 is 1.07. The van der Waals surface area contributed by atoms with Gasteiger partial charge in [0, 0.05) is 5.33 Å². The van der Waals surface area contributed by atoms with Gasteiger partial charge in [0.05, 0.1) is 23.9 Å². The first-order valence-corrected chi connectivity index (χ1v) is 5.59. The Balaban J connectivity index is 3.00. The van der Waals surface area contributed by atoms with Crippen LogP contribution in [-0.2, 0) is 6.54 Å². The van der Waals surface area contributed by atoms with Crippen LogP contribution in [0.3, 0.4) is 0 Å². The van der Waals surface area contributed by atoms with Crippen molar-refractivity contribution < 1.29 is 5.11 Å². The molecule has 0 aliphatic rings. The maximum absolute atomic E-state index is 11.4. The molecule has 0 radical (unpaired) electrons. The maximum atomic E-state index is 11.4. The molecule has 0 fully saturated rings. The van der Waals surface area contributed by atoms with E-state index in [0.29, 0.717) is 5.33 Å². The second kappa shape index (κ2) is 5.11. The van der Waals surface area contributed by atoms with Crippen LogP contribution in [0.2, 0.25) is 10.0 Å². The highest BCUT2D eigenvalue weighted by molar-refractivity contribution is 9.09. The molecule has 0 aromatic carbocycles. The summed E-state index contributed by atoms with van der Waals surface area (Å²) in [7, 11) is 0. The molecular formula is C7H7BrCl2N2O2. The lowest BCUT2D eigenvalue weighted by atomic mass is 10.4. The lowest BCUT2D eigenvalue weighted by Gasteiger charge is -2.08. The van der Waals surface area contributed by atoms with E-state index >= 15 is 0 Å². The molecule has 1 heterocycles. The Morgan fingerprint density at radius 3 is 2.86 bits per heavy atom. The number of alkyl halides is 1. The Bertz CT molecular complexity index is 382. The fraction of sp³-hybridized carbons (Fsp3) is 0.429. The van der Waals surface area contributed by atoms with Gasteiger partial charge in [0.1, 0.15) is 5.02 Å². The monoisotopic (exact) mass is 300 g/mol. The van der Waals surface area contributed by atoms with Gasteiger partial charge in [-0.25, -0.2) is 4.68 Å². The third-order valence-corrected chi connectivity index (χ3v) is 3.00. The third-order valence-electron chi connectivity index (χ3n) is 1.50. The van der Waals surface area contributed by atoms with Crippen LogP contribution in [0.25, 0.3) is 0 Å². The molecule has 4 nitrogen and oxygen atoms in total. The van der Waals surface area contributed by atoms with Gasteiger partial charge in [-0.1, -0.05) is 39.1 Å². The van der Waals surface area contributed by atoms with Gasteiger partial charge in [-0.2, -0.15) is 5.10 Å². The highest BCUT2D eigenvalue weighted by atomic mass is 79.9. The van der Waals surface area contributed by atoms with Gasteiger partial charge in [0.25, 0.3) is 5.56 Å². The predicted molar refractivity (Wildman–Crippen MR) is 58.3 cm³/mol. The molecule has 0 amide bonds. The zero-order valence-corrected chi connectivity index (χ0v) is 10.1. The van der Waals surface area contributed by atoms with Crippen molar-refractivity contribution in [3.63, 3.8) is 0 Å². The molecule has 0 bridgehead atoms. The van der Waals surface area contributed by atoms with E-state index in [9.17, 15) is 9.90 Å². The van der Waals surface area contributed by atoms with Crippen LogP contribution < -0.4 is 5.56 Å². The van der Waals surface area contributed by atoms with E-state index in [0.717, 1.165) is 4.68 Å². The molecule has 14 heavy (non-hydrogen) atoms. The Hall–Kier alpha value is -0.100. The van der Waals surface area contributed by atoms with Gasteiger partial charge in [-0.3, -0.25) is 4.79 Å². The van der Waals surface area contributed by atoms with Crippen LogP contribution in [-0.4, -0.2) is 26.3 Å². The van der Waals surface area contributed by atoms with Crippen molar-refractivity contribution in [2.45, 2.75) is 12.6 Å². The molecule has 1 N–H and O–H groups in total. The summed E-state index contributed by atoms with van der Waals surface area (Å²) in [6.07, 6.45) is 0.587. The van der Waals surface area contributed by atoms with E-state index in [2.05, 4.69) is 21.0 Å². The largest absolute Gasteiger partial charge is 0.390 e. The second-order valence-electron chi connectivity index (χ2n) is 2.60. The minimum absolute atomic E-state index is 0.0801. The van der Waals surface area contributed by atoms with Crippen molar-refractivity contribution in [1.29, 1.82) is 0 Å². The Morgan fingerprint density at radius 2 is 2.29 bits per heavy atom. The quantitative estimate of drug-likeness (QED) is 0.857. The summed E-state index contributed by atoms with van der Waals surface area (Å²) in [6.45, 7) is 0.0843. The lowest BCUT2D eigenvalue weighted by Crippen LogP contribution is -2.29. The van der Waals surface area contributed by atoms with E-state index < -0.39 is 11.7 Å². The van der Waals surface area contributed by atoms with Crippen LogP contribution in [0.5, 0.6) is 0 Å². The minimum atomic E-state index is -0.683. The molecule has 1 aromatic heterocycles. The summed E-state index contributed by atoms with van der Waals surface area (Å²) in [5, 5.41) is 13.4. The molecule has 1 rings (SSSR count). The molecule has 1 aromatic rings. The molecule has 0 saturated heterocycles. The molecule has 0 aliphatic heterocycles. The number of aromatic nitrogens is 2. The number of hydrogen-bond donors (Lipinski definition) is 1. The van der Waals surface area contributed by atoms with Gasteiger partial charge >= 0.3 is 0 Å².